The Labute approximate surface area is 256 Å². The van der Waals surface area contributed by atoms with E-state index in [4.69, 9.17) is 4.74 Å². The fourth-order valence-electron chi connectivity index (χ4n) is 6.21. The van der Waals surface area contributed by atoms with E-state index in [1.54, 1.807) is 12.1 Å². The molecule has 5 rings (SSSR count). The molecule has 3 atom stereocenters. The zero-order chi connectivity index (χ0) is 30.4. The van der Waals surface area contributed by atoms with Crippen LogP contribution in [0.4, 0.5) is 9.52 Å². The van der Waals surface area contributed by atoms with E-state index in [0.717, 1.165) is 18.4 Å². The first-order valence-electron chi connectivity index (χ1n) is 15.3. The van der Waals surface area contributed by atoms with Crippen molar-refractivity contribution in [3.05, 3.63) is 47.6 Å². The van der Waals surface area contributed by atoms with Crippen molar-refractivity contribution in [2.24, 2.45) is 17.3 Å². The number of ether oxygens (including phenoxy) is 1. The van der Waals surface area contributed by atoms with Gasteiger partial charge in [-0.05, 0) is 81.8 Å². The number of halogens is 1. The highest BCUT2D eigenvalue weighted by Gasteiger charge is 2.42. The fourth-order valence-corrected chi connectivity index (χ4v) is 6.94. The fraction of sp³-hybridized carbons (Fsp3) is 0.562. The number of thiazole rings is 1. The molecule has 232 valence electrons. The van der Waals surface area contributed by atoms with E-state index in [1.807, 2.05) is 5.38 Å². The molecule has 4 heterocycles. The van der Waals surface area contributed by atoms with Gasteiger partial charge in [-0.3, -0.25) is 19.3 Å². The summed E-state index contributed by atoms with van der Waals surface area (Å²) < 4.78 is 19.0. The highest BCUT2D eigenvalue weighted by Crippen LogP contribution is 2.37. The van der Waals surface area contributed by atoms with Crippen LogP contribution in [-0.4, -0.2) is 72.5 Å². The molecule has 43 heavy (non-hydrogen) atoms. The van der Waals surface area contributed by atoms with Gasteiger partial charge in [0.2, 0.25) is 17.7 Å². The number of hydrogen-bond acceptors (Lipinski definition) is 7. The number of likely N-dealkylation sites (tertiary alicyclic amines) is 1. The Kier molecular flexibility index (Phi) is 10.2. The van der Waals surface area contributed by atoms with E-state index < -0.39 is 11.5 Å². The van der Waals surface area contributed by atoms with Crippen LogP contribution in [-0.2, 0) is 19.1 Å². The molecule has 0 radical (unpaired) electrons. The molecule has 0 saturated carbocycles. The lowest BCUT2D eigenvalue weighted by atomic mass is 9.74. The minimum Gasteiger partial charge on any atom is -0.381 e. The molecule has 11 heteroatoms. The van der Waals surface area contributed by atoms with Gasteiger partial charge < -0.3 is 20.7 Å². The maximum absolute atomic E-state index is 13.9. The number of allylic oxidation sites excluding steroid dienone is 2. The first-order chi connectivity index (χ1) is 20.7. The number of amides is 3. The normalized spacial score (nSPS) is 25.6. The number of hydrogen-bond donors (Lipinski definition) is 3. The van der Waals surface area contributed by atoms with Gasteiger partial charge in [-0.25, -0.2) is 9.37 Å². The number of anilines is 1. The molecule has 3 aliphatic rings. The van der Waals surface area contributed by atoms with Gasteiger partial charge >= 0.3 is 0 Å². The van der Waals surface area contributed by atoms with Crippen molar-refractivity contribution in [2.45, 2.75) is 64.5 Å². The number of carbonyl (C=O) groups excluding carboxylic acids is 3. The lowest BCUT2D eigenvalue weighted by Gasteiger charge is -2.41. The maximum atomic E-state index is 13.9. The van der Waals surface area contributed by atoms with Crippen LogP contribution in [0.1, 0.15) is 52.4 Å². The van der Waals surface area contributed by atoms with Gasteiger partial charge in [-0.2, -0.15) is 0 Å². The Balaban J connectivity index is 1.21. The second-order valence-electron chi connectivity index (χ2n) is 12.5. The summed E-state index contributed by atoms with van der Waals surface area (Å²) in [6, 6.07) is 5.54. The van der Waals surface area contributed by atoms with Gasteiger partial charge in [0.25, 0.3) is 0 Å². The van der Waals surface area contributed by atoms with Crippen LogP contribution in [0.25, 0.3) is 11.3 Å². The Morgan fingerprint density at radius 2 is 1.95 bits per heavy atom. The van der Waals surface area contributed by atoms with Crippen molar-refractivity contribution in [1.82, 2.24) is 20.5 Å². The molecule has 3 aliphatic heterocycles. The summed E-state index contributed by atoms with van der Waals surface area (Å²) >= 11 is 1.32. The largest absolute Gasteiger partial charge is 0.381 e. The van der Waals surface area contributed by atoms with Crippen molar-refractivity contribution in [3.63, 3.8) is 0 Å². The minimum atomic E-state index is -0.639. The molecule has 0 bridgehead atoms. The number of nitrogens with zero attached hydrogens (tertiary/aromatic N) is 2. The Morgan fingerprint density at radius 3 is 2.70 bits per heavy atom. The Bertz CT molecular complexity index is 1310. The van der Waals surface area contributed by atoms with Crippen LogP contribution in [0.2, 0.25) is 0 Å². The molecule has 1 aromatic carbocycles. The van der Waals surface area contributed by atoms with Crippen LogP contribution in [0.5, 0.6) is 0 Å². The maximum Gasteiger partial charge on any atom is 0.242 e. The Hall–Kier alpha value is -3.15. The summed E-state index contributed by atoms with van der Waals surface area (Å²) in [5, 5.41) is 11.6. The van der Waals surface area contributed by atoms with Crippen LogP contribution in [0, 0.1) is 23.1 Å². The molecule has 9 nitrogen and oxygen atoms in total. The van der Waals surface area contributed by atoms with Gasteiger partial charge in [-0.1, -0.05) is 26.0 Å². The first kappa shape index (κ1) is 31.3. The Morgan fingerprint density at radius 1 is 1.19 bits per heavy atom. The van der Waals surface area contributed by atoms with Gasteiger partial charge in [0.15, 0.2) is 5.13 Å². The van der Waals surface area contributed by atoms with Crippen LogP contribution in [0.3, 0.4) is 0 Å². The lowest BCUT2D eigenvalue weighted by Crippen LogP contribution is -2.57. The number of piperidine rings is 1. The summed E-state index contributed by atoms with van der Waals surface area (Å²) in [6.45, 7) is 6.74. The van der Waals surface area contributed by atoms with Crippen molar-refractivity contribution < 1.29 is 23.5 Å². The molecule has 2 saturated heterocycles. The van der Waals surface area contributed by atoms with Crippen LogP contribution >= 0.6 is 11.3 Å². The molecule has 3 amide bonds. The average molecular weight is 612 g/mol. The summed E-state index contributed by atoms with van der Waals surface area (Å²) in [7, 11) is 0. The number of nitrogens with one attached hydrogen (secondary N) is 3. The molecular formula is C32H42FN5O4S. The molecule has 1 spiro atoms. The number of rotatable bonds is 6. The second-order valence-corrected chi connectivity index (χ2v) is 13.3. The van der Waals surface area contributed by atoms with Gasteiger partial charge in [0, 0.05) is 29.5 Å². The smallest absolute Gasteiger partial charge is 0.242 e. The number of carbonyl (C=O) groups is 3. The van der Waals surface area contributed by atoms with Crippen LogP contribution < -0.4 is 16.0 Å². The van der Waals surface area contributed by atoms with Gasteiger partial charge in [-0.15, -0.1) is 11.3 Å². The zero-order valence-corrected chi connectivity index (χ0v) is 25.8. The van der Waals surface area contributed by atoms with Crippen molar-refractivity contribution in [2.75, 3.05) is 38.2 Å². The third-order valence-corrected chi connectivity index (χ3v) is 9.56. The molecule has 0 aliphatic carbocycles. The third kappa shape index (κ3) is 8.07. The summed E-state index contributed by atoms with van der Waals surface area (Å²) in [4.78, 5) is 46.7. The van der Waals surface area contributed by atoms with Gasteiger partial charge in [0.1, 0.15) is 11.9 Å². The average Bonchev–Trinajstić information content (AvgIpc) is 3.44. The molecule has 1 aromatic heterocycles. The summed E-state index contributed by atoms with van der Waals surface area (Å²) in [5.41, 5.74) is 0.821. The highest BCUT2D eigenvalue weighted by atomic mass is 32.1. The predicted molar refractivity (Wildman–Crippen MR) is 165 cm³/mol. The highest BCUT2D eigenvalue weighted by molar-refractivity contribution is 7.14. The minimum absolute atomic E-state index is 0.0408. The second kappa shape index (κ2) is 14.1. The lowest BCUT2D eigenvalue weighted by molar-refractivity contribution is -0.138. The van der Waals surface area contributed by atoms with E-state index in [1.165, 1.54) is 23.5 Å². The van der Waals surface area contributed by atoms with Crippen molar-refractivity contribution in [1.29, 1.82) is 0 Å². The zero-order valence-electron chi connectivity index (χ0n) is 24.9. The molecule has 0 unspecified atom stereocenters. The standard InChI is InChI=1S/C32H42FN5O4S/c1-21(2)17-26-29(40)34-25-10-16-42-19-23(25)5-3-4-11-32(30(41)35-26)12-14-38(15-13-32)18-28(39)37-31-36-27(20-43-31)22-6-8-24(33)9-7-22/h3-4,6-9,20-21,23,25-26H,5,10-19H2,1-2H3,(H,34,40)(H,35,41)(H,36,37,39)/b4-3-/t23-,25+,26+/m0/s1. The topological polar surface area (TPSA) is 113 Å². The quantitative estimate of drug-likeness (QED) is 0.419. The molecule has 3 N–H and O–H groups in total. The molecule has 2 fully saturated rings. The number of fused-ring (bicyclic) bond motifs is 1. The van der Waals surface area contributed by atoms with Crippen molar-refractivity contribution >= 4 is 34.2 Å². The summed E-state index contributed by atoms with van der Waals surface area (Å²) in [5.74, 6) is -0.217. The number of aromatic nitrogens is 1. The third-order valence-electron chi connectivity index (χ3n) is 8.80. The predicted octanol–water partition coefficient (Wildman–Crippen LogP) is 4.37. The number of benzene rings is 1. The first-order valence-corrected chi connectivity index (χ1v) is 16.2. The van der Waals surface area contributed by atoms with E-state index >= 15 is 0 Å². The van der Waals surface area contributed by atoms with Crippen LogP contribution in [0.15, 0.2) is 41.8 Å². The van der Waals surface area contributed by atoms with E-state index in [-0.39, 0.29) is 48.0 Å². The monoisotopic (exact) mass is 611 g/mol. The molecular weight excluding hydrogens is 569 g/mol. The summed E-state index contributed by atoms with van der Waals surface area (Å²) in [6.07, 6.45) is 8.18. The van der Waals surface area contributed by atoms with E-state index in [2.05, 4.69) is 51.8 Å². The van der Waals surface area contributed by atoms with Gasteiger partial charge in [0.05, 0.1) is 24.3 Å². The van der Waals surface area contributed by atoms with Crippen molar-refractivity contribution in [3.8, 4) is 11.3 Å². The van der Waals surface area contributed by atoms with E-state index in [9.17, 15) is 18.8 Å². The van der Waals surface area contributed by atoms with E-state index in [0.29, 0.717) is 62.8 Å². The molecule has 2 aromatic rings. The SMILES string of the molecule is CC(C)C[C@H]1NC(=O)C2(C/C=C\C[C@H]3COCC[C@H]3NC1=O)CCN(CC(=O)Nc1nc(-c3ccc(F)cc3)cs1)CC2.